The third kappa shape index (κ3) is 3.96. The Hall–Kier alpha value is -0.340. The van der Waals surface area contributed by atoms with Crippen LogP contribution in [0.1, 0.15) is 49.8 Å². The zero-order valence-electron chi connectivity index (χ0n) is 9.59. The molecule has 0 aliphatic rings. The predicted octanol–water partition coefficient (Wildman–Crippen LogP) is 4.34. The van der Waals surface area contributed by atoms with Crippen LogP contribution in [0.3, 0.4) is 0 Å². The molecule has 0 aliphatic heterocycles. The molecular weight excluding hydrogens is 250 g/mol. The summed E-state index contributed by atoms with van der Waals surface area (Å²) in [7, 11) is 0. The molecule has 0 bridgehead atoms. The summed E-state index contributed by atoms with van der Waals surface area (Å²) in [6.45, 7) is 4.34. The summed E-state index contributed by atoms with van der Waals surface area (Å²) in [6.07, 6.45) is 4.86. The number of rotatable bonds is 5. The molecule has 1 rings (SSSR count). The molecule has 2 heteroatoms. The minimum absolute atomic E-state index is 0.199. The Morgan fingerprint density at radius 3 is 2.67 bits per heavy atom. The van der Waals surface area contributed by atoms with Crippen molar-refractivity contribution in [3.63, 3.8) is 0 Å². The third-order valence-electron chi connectivity index (χ3n) is 2.75. The minimum Gasteiger partial charge on any atom is -0.324 e. The molecule has 2 N–H and O–H groups in total. The first kappa shape index (κ1) is 12.7. The number of benzene rings is 1. The minimum atomic E-state index is 0.199. The first-order valence-electron chi connectivity index (χ1n) is 5.66. The molecule has 0 saturated heterocycles. The summed E-state index contributed by atoms with van der Waals surface area (Å²) in [4.78, 5) is 0. The molecule has 84 valence electrons. The Balaban J connectivity index is 2.61. The van der Waals surface area contributed by atoms with E-state index >= 15 is 0 Å². The second-order valence-electron chi connectivity index (χ2n) is 4.10. The van der Waals surface area contributed by atoms with E-state index < -0.39 is 0 Å². The van der Waals surface area contributed by atoms with E-state index in [0.29, 0.717) is 0 Å². The first-order chi connectivity index (χ1) is 7.15. The number of halogens is 1. The van der Waals surface area contributed by atoms with E-state index in [2.05, 4.69) is 48.0 Å². The number of unbranched alkanes of at least 4 members (excludes halogenated alkanes) is 2. The summed E-state index contributed by atoms with van der Waals surface area (Å²) < 4.78 is 1.13. The molecular formula is C13H20BrN. The van der Waals surface area contributed by atoms with Crippen molar-refractivity contribution in [1.29, 1.82) is 0 Å². The molecule has 1 unspecified atom stereocenters. The second kappa shape index (κ2) is 6.29. The monoisotopic (exact) mass is 269 g/mol. The van der Waals surface area contributed by atoms with Crippen LogP contribution >= 0.6 is 15.9 Å². The SMILES string of the molecule is CCCCCC(N)c1ccc(Br)cc1C. The number of aryl methyl sites for hydroxylation is 1. The van der Waals surface area contributed by atoms with Gasteiger partial charge in [0.05, 0.1) is 0 Å². The van der Waals surface area contributed by atoms with E-state index in [-0.39, 0.29) is 6.04 Å². The molecule has 0 saturated carbocycles. The Bertz CT molecular complexity index is 309. The van der Waals surface area contributed by atoms with Crippen LogP contribution in [-0.4, -0.2) is 0 Å². The van der Waals surface area contributed by atoms with Crippen molar-refractivity contribution in [3.8, 4) is 0 Å². The van der Waals surface area contributed by atoms with Crippen LogP contribution in [0, 0.1) is 6.92 Å². The third-order valence-corrected chi connectivity index (χ3v) is 3.24. The summed E-state index contributed by atoms with van der Waals surface area (Å²) in [5.41, 5.74) is 8.74. The van der Waals surface area contributed by atoms with Gasteiger partial charge in [0.1, 0.15) is 0 Å². The van der Waals surface area contributed by atoms with Gasteiger partial charge in [0.25, 0.3) is 0 Å². The zero-order chi connectivity index (χ0) is 11.3. The molecule has 1 aromatic rings. The summed E-state index contributed by atoms with van der Waals surface area (Å²) in [5.74, 6) is 0. The van der Waals surface area contributed by atoms with E-state index in [1.165, 1.54) is 30.4 Å². The van der Waals surface area contributed by atoms with Crippen molar-refractivity contribution in [1.82, 2.24) is 0 Å². The summed E-state index contributed by atoms with van der Waals surface area (Å²) in [6, 6.07) is 6.54. The van der Waals surface area contributed by atoms with E-state index in [9.17, 15) is 0 Å². The van der Waals surface area contributed by atoms with E-state index in [4.69, 9.17) is 5.73 Å². The average Bonchev–Trinajstić information content (AvgIpc) is 2.17. The molecule has 0 aromatic heterocycles. The molecule has 0 radical (unpaired) electrons. The van der Waals surface area contributed by atoms with Crippen LogP contribution in [-0.2, 0) is 0 Å². The highest BCUT2D eigenvalue weighted by atomic mass is 79.9. The lowest BCUT2D eigenvalue weighted by Gasteiger charge is -2.14. The topological polar surface area (TPSA) is 26.0 Å². The van der Waals surface area contributed by atoms with Crippen LogP contribution < -0.4 is 5.73 Å². The van der Waals surface area contributed by atoms with Gasteiger partial charge in [0.15, 0.2) is 0 Å². The first-order valence-corrected chi connectivity index (χ1v) is 6.46. The molecule has 1 nitrogen and oxygen atoms in total. The smallest absolute Gasteiger partial charge is 0.0297 e. The fourth-order valence-electron chi connectivity index (χ4n) is 1.82. The summed E-state index contributed by atoms with van der Waals surface area (Å²) in [5, 5.41) is 0. The molecule has 0 aliphatic carbocycles. The van der Waals surface area contributed by atoms with Crippen LogP contribution in [0.5, 0.6) is 0 Å². The normalized spacial score (nSPS) is 12.8. The van der Waals surface area contributed by atoms with E-state index in [0.717, 1.165) is 10.9 Å². The van der Waals surface area contributed by atoms with Gasteiger partial charge < -0.3 is 5.73 Å². The Morgan fingerprint density at radius 1 is 1.33 bits per heavy atom. The van der Waals surface area contributed by atoms with Gasteiger partial charge in [0.2, 0.25) is 0 Å². The van der Waals surface area contributed by atoms with Crippen LogP contribution in [0.25, 0.3) is 0 Å². The highest BCUT2D eigenvalue weighted by Gasteiger charge is 2.08. The fourth-order valence-corrected chi connectivity index (χ4v) is 2.30. The van der Waals surface area contributed by atoms with Gasteiger partial charge in [-0.2, -0.15) is 0 Å². The average molecular weight is 270 g/mol. The Morgan fingerprint density at radius 2 is 2.07 bits per heavy atom. The van der Waals surface area contributed by atoms with Gasteiger partial charge in [-0.05, 0) is 36.6 Å². The predicted molar refractivity (Wildman–Crippen MR) is 69.9 cm³/mol. The lowest BCUT2D eigenvalue weighted by Crippen LogP contribution is -2.11. The molecule has 0 fully saturated rings. The molecule has 1 aromatic carbocycles. The van der Waals surface area contributed by atoms with Gasteiger partial charge >= 0.3 is 0 Å². The lowest BCUT2D eigenvalue weighted by molar-refractivity contribution is 0.579. The van der Waals surface area contributed by atoms with Gasteiger partial charge in [0, 0.05) is 10.5 Å². The Labute approximate surface area is 101 Å². The molecule has 15 heavy (non-hydrogen) atoms. The van der Waals surface area contributed by atoms with Gasteiger partial charge in [-0.15, -0.1) is 0 Å². The van der Waals surface area contributed by atoms with Gasteiger partial charge in [-0.3, -0.25) is 0 Å². The van der Waals surface area contributed by atoms with Crippen molar-refractivity contribution >= 4 is 15.9 Å². The largest absolute Gasteiger partial charge is 0.324 e. The maximum Gasteiger partial charge on any atom is 0.0297 e. The van der Waals surface area contributed by atoms with Crippen molar-refractivity contribution in [2.75, 3.05) is 0 Å². The van der Waals surface area contributed by atoms with Crippen LogP contribution in [0.4, 0.5) is 0 Å². The lowest BCUT2D eigenvalue weighted by atomic mass is 9.97. The summed E-state index contributed by atoms with van der Waals surface area (Å²) >= 11 is 3.47. The number of nitrogens with two attached hydrogens (primary N) is 1. The Kier molecular flexibility index (Phi) is 5.34. The molecule has 0 amide bonds. The second-order valence-corrected chi connectivity index (χ2v) is 5.02. The maximum atomic E-state index is 6.17. The van der Waals surface area contributed by atoms with Crippen LogP contribution in [0.15, 0.2) is 22.7 Å². The van der Waals surface area contributed by atoms with Gasteiger partial charge in [-0.25, -0.2) is 0 Å². The quantitative estimate of drug-likeness (QED) is 0.791. The molecule has 0 spiro atoms. The van der Waals surface area contributed by atoms with Crippen molar-refractivity contribution in [3.05, 3.63) is 33.8 Å². The fraction of sp³-hybridized carbons (Fsp3) is 0.538. The van der Waals surface area contributed by atoms with Crippen molar-refractivity contribution in [2.24, 2.45) is 5.73 Å². The van der Waals surface area contributed by atoms with E-state index in [1.54, 1.807) is 0 Å². The van der Waals surface area contributed by atoms with Crippen molar-refractivity contribution < 1.29 is 0 Å². The standard InChI is InChI=1S/C13H20BrN/c1-3-4-5-6-13(15)12-8-7-11(14)9-10(12)2/h7-9,13H,3-6,15H2,1-2H3. The van der Waals surface area contributed by atoms with Crippen molar-refractivity contribution in [2.45, 2.75) is 45.6 Å². The number of hydrogen-bond acceptors (Lipinski definition) is 1. The zero-order valence-corrected chi connectivity index (χ0v) is 11.2. The molecule has 1 atom stereocenters. The maximum absolute atomic E-state index is 6.17. The van der Waals surface area contributed by atoms with Gasteiger partial charge in [-0.1, -0.05) is 48.2 Å². The number of hydrogen-bond donors (Lipinski definition) is 1. The highest BCUT2D eigenvalue weighted by Crippen LogP contribution is 2.23. The highest BCUT2D eigenvalue weighted by molar-refractivity contribution is 9.10. The van der Waals surface area contributed by atoms with Crippen LogP contribution in [0.2, 0.25) is 0 Å². The molecule has 0 heterocycles. The van der Waals surface area contributed by atoms with E-state index in [1.807, 2.05) is 0 Å².